The lowest BCUT2D eigenvalue weighted by atomic mass is 10.3. The highest BCUT2D eigenvalue weighted by Gasteiger charge is 2.01. The van der Waals surface area contributed by atoms with Crippen molar-refractivity contribution < 1.29 is 0 Å². The fourth-order valence-electron chi connectivity index (χ4n) is 1.13. The molecule has 0 aromatic carbocycles. The first-order chi connectivity index (χ1) is 5.35. The molecule has 0 bridgehead atoms. The van der Waals surface area contributed by atoms with Gasteiger partial charge in [0.05, 0.1) is 0 Å². The highest BCUT2D eigenvalue weighted by molar-refractivity contribution is 7.99. The van der Waals surface area contributed by atoms with Gasteiger partial charge < -0.3 is 0 Å². The smallest absolute Gasteiger partial charge is 0.00418 e. The minimum absolute atomic E-state index is 0.923. The molecular weight excluding hydrogens is 152 g/mol. The van der Waals surface area contributed by atoms with Crippen LogP contribution in [0.15, 0.2) is 0 Å². The molecule has 0 saturated carbocycles. The van der Waals surface area contributed by atoms with Gasteiger partial charge in [-0.25, -0.2) is 0 Å². The van der Waals surface area contributed by atoms with E-state index >= 15 is 0 Å². The summed E-state index contributed by atoms with van der Waals surface area (Å²) in [6.45, 7) is 6.85. The number of unbranched alkanes of at least 4 members (excludes halogenated alkanes) is 2. The first kappa shape index (κ1) is 11.4. The Bertz CT molecular complexity index is 67.3. The standard InChI is InChI=1S/C10H22S/c1-4-7-8-9-11-10(5-2)6-3/h10H,4-9H2,1-3H3. The van der Waals surface area contributed by atoms with Gasteiger partial charge >= 0.3 is 0 Å². The lowest BCUT2D eigenvalue weighted by molar-refractivity contribution is 0.763. The van der Waals surface area contributed by atoms with E-state index in [4.69, 9.17) is 0 Å². The van der Waals surface area contributed by atoms with Crippen molar-refractivity contribution >= 4 is 11.8 Å². The maximum Gasteiger partial charge on any atom is 0.00418 e. The van der Waals surface area contributed by atoms with Crippen LogP contribution in [0.3, 0.4) is 0 Å². The normalized spacial score (nSPS) is 10.9. The van der Waals surface area contributed by atoms with Crippen LogP contribution in [0.4, 0.5) is 0 Å². The van der Waals surface area contributed by atoms with Crippen LogP contribution in [-0.2, 0) is 0 Å². The van der Waals surface area contributed by atoms with Gasteiger partial charge in [-0.2, -0.15) is 11.8 Å². The van der Waals surface area contributed by atoms with Crippen molar-refractivity contribution in [3.8, 4) is 0 Å². The van der Waals surface area contributed by atoms with Gasteiger partial charge in [-0.1, -0.05) is 33.6 Å². The monoisotopic (exact) mass is 174 g/mol. The van der Waals surface area contributed by atoms with E-state index in [2.05, 4.69) is 32.5 Å². The van der Waals surface area contributed by atoms with Crippen LogP contribution in [-0.4, -0.2) is 11.0 Å². The Morgan fingerprint density at radius 2 is 1.64 bits per heavy atom. The number of hydrogen-bond acceptors (Lipinski definition) is 1. The molecule has 11 heavy (non-hydrogen) atoms. The molecule has 0 aliphatic carbocycles. The molecule has 0 aliphatic rings. The molecule has 0 radical (unpaired) electrons. The van der Waals surface area contributed by atoms with Gasteiger partial charge in [-0.15, -0.1) is 0 Å². The predicted molar refractivity (Wildman–Crippen MR) is 56.4 cm³/mol. The summed E-state index contributed by atoms with van der Waals surface area (Å²) in [6, 6.07) is 0. The lowest BCUT2D eigenvalue weighted by Crippen LogP contribution is -1.99. The van der Waals surface area contributed by atoms with Crippen LogP contribution in [0.2, 0.25) is 0 Å². The molecular formula is C10H22S. The predicted octanol–water partition coefficient (Wildman–Crippen LogP) is 4.10. The molecule has 0 aromatic heterocycles. The van der Waals surface area contributed by atoms with E-state index < -0.39 is 0 Å². The van der Waals surface area contributed by atoms with E-state index in [-0.39, 0.29) is 0 Å². The van der Waals surface area contributed by atoms with Crippen molar-refractivity contribution in [2.45, 2.75) is 58.1 Å². The topological polar surface area (TPSA) is 0 Å². The fourth-order valence-corrected chi connectivity index (χ4v) is 2.30. The zero-order chi connectivity index (χ0) is 8.53. The van der Waals surface area contributed by atoms with Crippen LogP contribution in [0.1, 0.15) is 52.9 Å². The highest BCUT2D eigenvalue weighted by Crippen LogP contribution is 2.19. The van der Waals surface area contributed by atoms with Crippen molar-refractivity contribution in [1.82, 2.24) is 0 Å². The number of rotatable bonds is 7. The maximum absolute atomic E-state index is 2.29. The van der Waals surface area contributed by atoms with Crippen molar-refractivity contribution in [3.05, 3.63) is 0 Å². The van der Waals surface area contributed by atoms with Crippen molar-refractivity contribution in [1.29, 1.82) is 0 Å². The third-order valence-electron chi connectivity index (χ3n) is 2.01. The summed E-state index contributed by atoms with van der Waals surface area (Å²) in [5.74, 6) is 1.38. The Kier molecular flexibility index (Phi) is 8.72. The SMILES string of the molecule is CCCCCSC(CC)CC. The van der Waals surface area contributed by atoms with Gasteiger partial charge in [0.15, 0.2) is 0 Å². The second kappa shape index (κ2) is 8.45. The van der Waals surface area contributed by atoms with Gasteiger partial charge in [0.2, 0.25) is 0 Å². The summed E-state index contributed by atoms with van der Waals surface area (Å²) in [4.78, 5) is 0. The minimum Gasteiger partial charge on any atom is -0.159 e. The summed E-state index contributed by atoms with van der Waals surface area (Å²) in [5, 5.41) is 0.923. The molecule has 0 fully saturated rings. The third kappa shape index (κ3) is 6.74. The first-order valence-corrected chi connectivity index (χ1v) is 6.01. The molecule has 68 valence electrons. The Hall–Kier alpha value is 0.350. The molecule has 0 spiro atoms. The van der Waals surface area contributed by atoms with Crippen LogP contribution in [0.5, 0.6) is 0 Å². The van der Waals surface area contributed by atoms with Gasteiger partial charge in [-0.05, 0) is 25.0 Å². The molecule has 0 N–H and O–H groups in total. The molecule has 0 nitrogen and oxygen atoms in total. The molecule has 1 heteroatoms. The van der Waals surface area contributed by atoms with Crippen molar-refractivity contribution in [2.24, 2.45) is 0 Å². The second-order valence-corrected chi connectivity index (χ2v) is 4.42. The molecule has 0 saturated heterocycles. The molecule has 0 rings (SSSR count). The zero-order valence-corrected chi connectivity index (χ0v) is 9.04. The zero-order valence-electron chi connectivity index (χ0n) is 8.23. The second-order valence-electron chi connectivity index (χ2n) is 3.02. The maximum atomic E-state index is 2.29. The Morgan fingerprint density at radius 3 is 2.09 bits per heavy atom. The van der Waals surface area contributed by atoms with Crippen LogP contribution < -0.4 is 0 Å². The summed E-state index contributed by atoms with van der Waals surface area (Å²) in [5.41, 5.74) is 0. The molecule has 0 aromatic rings. The summed E-state index contributed by atoms with van der Waals surface area (Å²) < 4.78 is 0. The van der Waals surface area contributed by atoms with E-state index in [0.29, 0.717) is 0 Å². The molecule has 0 aliphatic heterocycles. The van der Waals surface area contributed by atoms with E-state index in [9.17, 15) is 0 Å². The number of hydrogen-bond donors (Lipinski definition) is 0. The summed E-state index contributed by atoms with van der Waals surface area (Å²) in [6.07, 6.45) is 6.86. The first-order valence-electron chi connectivity index (χ1n) is 4.96. The average molecular weight is 174 g/mol. The summed E-state index contributed by atoms with van der Waals surface area (Å²) >= 11 is 2.16. The number of thioether (sulfide) groups is 1. The van der Waals surface area contributed by atoms with E-state index in [1.807, 2.05) is 0 Å². The quantitative estimate of drug-likeness (QED) is 0.524. The largest absolute Gasteiger partial charge is 0.159 e. The van der Waals surface area contributed by atoms with E-state index in [1.54, 1.807) is 0 Å². The summed E-state index contributed by atoms with van der Waals surface area (Å²) in [7, 11) is 0. The Balaban J connectivity index is 3.07. The van der Waals surface area contributed by atoms with E-state index in [1.165, 1.54) is 37.9 Å². The molecule has 0 atom stereocenters. The van der Waals surface area contributed by atoms with E-state index in [0.717, 1.165) is 5.25 Å². The van der Waals surface area contributed by atoms with Crippen LogP contribution in [0.25, 0.3) is 0 Å². The average Bonchev–Trinajstić information content (AvgIpc) is 2.05. The highest BCUT2D eigenvalue weighted by atomic mass is 32.2. The molecule has 0 amide bonds. The lowest BCUT2D eigenvalue weighted by Gasteiger charge is -2.10. The molecule has 0 heterocycles. The van der Waals surface area contributed by atoms with Gasteiger partial charge in [-0.3, -0.25) is 0 Å². The van der Waals surface area contributed by atoms with Crippen LogP contribution in [0, 0.1) is 0 Å². The minimum atomic E-state index is 0.923. The third-order valence-corrected chi connectivity index (χ3v) is 3.67. The van der Waals surface area contributed by atoms with Crippen molar-refractivity contribution in [2.75, 3.05) is 5.75 Å². The van der Waals surface area contributed by atoms with Crippen LogP contribution >= 0.6 is 11.8 Å². The Labute approximate surface area is 76.1 Å². The fraction of sp³-hybridized carbons (Fsp3) is 1.00. The van der Waals surface area contributed by atoms with Crippen molar-refractivity contribution in [3.63, 3.8) is 0 Å². The Morgan fingerprint density at radius 1 is 1.00 bits per heavy atom. The van der Waals surface area contributed by atoms with Gasteiger partial charge in [0.1, 0.15) is 0 Å². The van der Waals surface area contributed by atoms with Gasteiger partial charge in [0.25, 0.3) is 0 Å². The van der Waals surface area contributed by atoms with Gasteiger partial charge in [0, 0.05) is 5.25 Å². The molecule has 0 unspecified atom stereocenters.